The Balaban J connectivity index is 1.69. The van der Waals surface area contributed by atoms with Gasteiger partial charge in [0.2, 0.25) is 5.91 Å². The van der Waals surface area contributed by atoms with Crippen molar-refractivity contribution in [3.63, 3.8) is 0 Å². The molecule has 5 nitrogen and oxygen atoms in total. The van der Waals surface area contributed by atoms with E-state index < -0.39 is 6.04 Å². The third-order valence-corrected chi connectivity index (χ3v) is 6.59. The fourth-order valence-corrected chi connectivity index (χ4v) is 4.92. The summed E-state index contributed by atoms with van der Waals surface area (Å²) >= 11 is 7.64. The first kappa shape index (κ1) is 18.2. The first-order chi connectivity index (χ1) is 13.0. The van der Waals surface area contributed by atoms with E-state index >= 15 is 0 Å². The molecule has 1 aromatic carbocycles. The van der Waals surface area contributed by atoms with Gasteiger partial charge in [0.25, 0.3) is 5.56 Å². The lowest BCUT2D eigenvalue weighted by molar-refractivity contribution is -0.118. The Morgan fingerprint density at radius 2 is 2.11 bits per heavy atom. The minimum absolute atomic E-state index is 0.134. The van der Waals surface area contributed by atoms with E-state index in [1.54, 1.807) is 30.4 Å². The van der Waals surface area contributed by atoms with Crippen LogP contribution >= 0.6 is 22.9 Å². The van der Waals surface area contributed by atoms with Crippen LogP contribution in [-0.4, -0.2) is 15.5 Å². The van der Waals surface area contributed by atoms with Gasteiger partial charge in [-0.3, -0.25) is 14.2 Å². The highest BCUT2D eigenvalue weighted by Crippen LogP contribution is 2.33. The molecule has 0 spiro atoms. The molecule has 140 valence electrons. The van der Waals surface area contributed by atoms with Crippen LogP contribution in [0, 0.1) is 6.92 Å². The molecule has 1 N–H and O–H groups in total. The molecule has 4 rings (SSSR count). The lowest BCUT2D eigenvalue weighted by Crippen LogP contribution is -2.32. The summed E-state index contributed by atoms with van der Waals surface area (Å²) in [6.07, 6.45) is 5.67. The molecule has 0 radical (unpaired) electrons. The quantitative estimate of drug-likeness (QED) is 0.702. The zero-order valence-electron chi connectivity index (χ0n) is 15.2. The summed E-state index contributed by atoms with van der Waals surface area (Å²) in [5.41, 5.74) is 2.55. The first-order valence-corrected chi connectivity index (χ1v) is 10.2. The van der Waals surface area contributed by atoms with Gasteiger partial charge in [-0.15, -0.1) is 11.3 Å². The lowest BCUT2D eigenvalue weighted by Gasteiger charge is -2.16. The topological polar surface area (TPSA) is 64.0 Å². The molecule has 2 aromatic heterocycles. The van der Waals surface area contributed by atoms with E-state index in [-0.39, 0.29) is 11.5 Å². The van der Waals surface area contributed by atoms with E-state index in [0.717, 1.165) is 41.6 Å². The number of fused-ring (bicyclic) bond motifs is 3. The molecule has 1 atom stereocenters. The maximum atomic E-state index is 13.1. The summed E-state index contributed by atoms with van der Waals surface area (Å²) in [6.45, 7) is 3.61. The number of nitrogens with zero attached hydrogens (tertiary/aromatic N) is 2. The number of hydrogen-bond donors (Lipinski definition) is 1. The van der Waals surface area contributed by atoms with Crippen LogP contribution in [0.1, 0.15) is 41.8 Å². The van der Waals surface area contributed by atoms with Crippen LogP contribution in [0.3, 0.4) is 0 Å². The van der Waals surface area contributed by atoms with Crippen LogP contribution < -0.4 is 10.9 Å². The van der Waals surface area contributed by atoms with Crippen molar-refractivity contribution in [1.82, 2.24) is 9.55 Å². The van der Waals surface area contributed by atoms with Gasteiger partial charge in [0.05, 0.1) is 11.7 Å². The van der Waals surface area contributed by atoms with E-state index in [1.165, 1.54) is 15.8 Å². The van der Waals surface area contributed by atoms with Crippen LogP contribution in [-0.2, 0) is 17.6 Å². The first-order valence-electron chi connectivity index (χ1n) is 9.04. The van der Waals surface area contributed by atoms with E-state index in [0.29, 0.717) is 16.1 Å². The Bertz CT molecular complexity index is 1100. The molecule has 0 aliphatic heterocycles. The van der Waals surface area contributed by atoms with Gasteiger partial charge in [0, 0.05) is 15.6 Å². The number of carbonyl (C=O) groups excluding carboxylic acids is 1. The molecule has 1 aliphatic carbocycles. The average molecular weight is 402 g/mol. The number of aromatic nitrogens is 2. The Morgan fingerprint density at radius 3 is 2.93 bits per heavy atom. The summed E-state index contributed by atoms with van der Waals surface area (Å²) in [7, 11) is 0. The van der Waals surface area contributed by atoms with E-state index in [2.05, 4.69) is 10.3 Å². The monoisotopic (exact) mass is 401 g/mol. The number of halogens is 1. The molecule has 27 heavy (non-hydrogen) atoms. The largest absolute Gasteiger partial charge is 0.324 e. The molecule has 0 bridgehead atoms. The van der Waals surface area contributed by atoms with Crippen LogP contribution in [0.15, 0.2) is 29.3 Å². The van der Waals surface area contributed by atoms with E-state index in [9.17, 15) is 9.59 Å². The number of amides is 1. The number of aryl methyl sites for hydroxylation is 3. The number of anilines is 1. The number of hydrogen-bond acceptors (Lipinski definition) is 4. The van der Waals surface area contributed by atoms with Crippen LogP contribution in [0.25, 0.3) is 10.2 Å². The molecule has 1 amide bonds. The fraction of sp³-hybridized carbons (Fsp3) is 0.350. The maximum absolute atomic E-state index is 13.1. The van der Waals surface area contributed by atoms with Crippen molar-refractivity contribution in [1.29, 1.82) is 0 Å². The number of benzene rings is 1. The van der Waals surface area contributed by atoms with Crippen molar-refractivity contribution in [3.8, 4) is 0 Å². The summed E-state index contributed by atoms with van der Waals surface area (Å²) in [6, 6.07) is 4.66. The number of carbonyl (C=O) groups is 1. The minimum Gasteiger partial charge on any atom is -0.324 e. The molecule has 2 heterocycles. The molecular weight excluding hydrogens is 382 g/mol. The molecule has 0 saturated heterocycles. The van der Waals surface area contributed by atoms with Gasteiger partial charge in [0.15, 0.2) is 0 Å². The van der Waals surface area contributed by atoms with Crippen LogP contribution in [0.5, 0.6) is 0 Å². The Kier molecular flexibility index (Phi) is 4.78. The van der Waals surface area contributed by atoms with Crippen LogP contribution in [0.2, 0.25) is 5.02 Å². The highest BCUT2D eigenvalue weighted by molar-refractivity contribution is 7.18. The van der Waals surface area contributed by atoms with Gasteiger partial charge in [0.1, 0.15) is 10.9 Å². The predicted molar refractivity (Wildman–Crippen MR) is 110 cm³/mol. The van der Waals surface area contributed by atoms with Gasteiger partial charge in [-0.1, -0.05) is 17.7 Å². The summed E-state index contributed by atoms with van der Waals surface area (Å²) in [4.78, 5) is 32.4. The fourth-order valence-electron chi connectivity index (χ4n) is 3.53. The normalized spacial score (nSPS) is 14.8. The summed E-state index contributed by atoms with van der Waals surface area (Å²) in [5, 5.41) is 4.11. The second kappa shape index (κ2) is 7.09. The second-order valence-electron chi connectivity index (χ2n) is 6.97. The average Bonchev–Trinajstić information content (AvgIpc) is 3.04. The molecule has 0 unspecified atom stereocenters. The zero-order chi connectivity index (χ0) is 19.1. The highest BCUT2D eigenvalue weighted by atomic mass is 35.5. The van der Waals surface area contributed by atoms with Gasteiger partial charge in [-0.25, -0.2) is 4.98 Å². The third kappa shape index (κ3) is 3.28. The smallest absolute Gasteiger partial charge is 0.263 e. The number of nitrogens with one attached hydrogen (secondary N) is 1. The van der Waals surface area contributed by atoms with Crippen molar-refractivity contribution < 1.29 is 4.79 Å². The molecule has 3 aromatic rings. The van der Waals surface area contributed by atoms with Crippen molar-refractivity contribution in [2.45, 2.75) is 45.6 Å². The Hall–Kier alpha value is -2.18. The molecule has 7 heteroatoms. The van der Waals surface area contributed by atoms with Crippen molar-refractivity contribution in [3.05, 3.63) is 55.9 Å². The van der Waals surface area contributed by atoms with Gasteiger partial charge in [-0.05, 0) is 62.8 Å². The third-order valence-electron chi connectivity index (χ3n) is 5.15. The number of rotatable bonds is 3. The van der Waals surface area contributed by atoms with E-state index in [1.807, 2.05) is 13.0 Å². The van der Waals surface area contributed by atoms with Crippen molar-refractivity contribution >= 4 is 44.7 Å². The minimum atomic E-state index is -0.674. The molecule has 1 aliphatic rings. The summed E-state index contributed by atoms with van der Waals surface area (Å²) < 4.78 is 1.43. The lowest BCUT2D eigenvalue weighted by atomic mass is 9.97. The SMILES string of the molecule is Cc1ccc(Cl)cc1NC(=O)[C@H](C)n1cnc2sc3c(c2c1=O)CCCC3. The standard InChI is InChI=1S/C20H20ClN3O2S/c1-11-7-8-13(21)9-15(11)23-18(25)12(2)24-10-22-19-17(20(24)26)14-5-3-4-6-16(14)27-19/h7-10,12H,3-6H2,1-2H3,(H,23,25)/t12-/m0/s1. The predicted octanol–water partition coefficient (Wildman–Crippen LogP) is 4.50. The van der Waals surface area contributed by atoms with Crippen molar-refractivity contribution in [2.24, 2.45) is 0 Å². The van der Waals surface area contributed by atoms with Gasteiger partial charge < -0.3 is 5.32 Å². The Labute approximate surface area is 166 Å². The van der Waals surface area contributed by atoms with Gasteiger partial charge >= 0.3 is 0 Å². The molecular formula is C20H20ClN3O2S. The maximum Gasteiger partial charge on any atom is 0.263 e. The summed E-state index contributed by atoms with van der Waals surface area (Å²) in [5.74, 6) is -0.271. The zero-order valence-corrected chi connectivity index (χ0v) is 16.8. The Morgan fingerprint density at radius 1 is 1.33 bits per heavy atom. The molecule has 0 fully saturated rings. The van der Waals surface area contributed by atoms with E-state index in [4.69, 9.17) is 11.6 Å². The highest BCUT2D eigenvalue weighted by Gasteiger charge is 2.23. The van der Waals surface area contributed by atoms with Crippen molar-refractivity contribution in [2.75, 3.05) is 5.32 Å². The molecule has 0 saturated carbocycles. The van der Waals surface area contributed by atoms with Gasteiger partial charge in [-0.2, -0.15) is 0 Å². The number of thiophene rings is 1. The van der Waals surface area contributed by atoms with Crippen LogP contribution in [0.4, 0.5) is 5.69 Å². The second-order valence-corrected chi connectivity index (χ2v) is 8.49.